The molecule has 0 amide bonds. The number of rotatable bonds is 5. The summed E-state index contributed by atoms with van der Waals surface area (Å²) in [6.45, 7) is 7.53. The van der Waals surface area contributed by atoms with Crippen molar-refractivity contribution in [2.75, 3.05) is 6.54 Å². The molecule has 0 saturated heterocycles. The molecule has 10 heteroatoms. The summed E-state index contributed by atoms with van der Waals surface area (Å²) < 4.78 is 44.9. The van der Waals surface area contributed by atoms with E-state index in [4.69, 9.17) is 19.1 Å². The average Bonchev–Trinajstić information content (AvgIpc) is 3.21. The summed E-state index contributed by atoms with van der Waals surface area (Å²) in [6, 6.07) is 3.97. The zero-order valence-electron chi connectivity index (χ0n) is 16.0. The highest BCUT2D eigenvalue weighted by Gasteiger charge is 2.38. The van der Waals surface area contributed by atoms with Gasteiger partial charge in [0.05, 0.1) is 36.9 Å². The molecule has 7 nitrogen and oxygen atoms in total. The molecular formula is C18H24F3N3O4. The summed E-state index contributed by atoms with van der Waals surface area (Å²) in [5.74, 6) is -1.74. The minimum atomic E-state index is -5.08. The molecule has 1 aliphatic heterocycles. The van der Waals surface area contributed by atoms with Gasteiger partial charge in [-0.1, -0.05) is 0 Å². The largest absolute Gasteiger partial charge is 0.490 e. The van der Waals surface area contributed by atoms with Crippen molar-refractivity contribution in [3.8, 4) is 0 Å². The lowest BCUT2D eigenvalue weighted by atomic mass is 10.0. The van der Waals surface area contributed by atoms with Crippen molar-refractivity contribution in [2.45, 2.75) is 52.2 Å². The van der Waals surface area contributed by atoms with Gasteiger partial charge in [-0.25, -0.2) is 4.79 Å². The normalized spacial score (nSPS) is 14.5. The van der Waals surface area contributed by atoms with Crippen molar-refractivity contribution in [3.05, 3.63) is 41.1 Å². The fourth-order valence-corrected chi connectivity index (χ4v) is 2.83. The van der Waals surface area contributed by atoms with E-state index in [0.29, 0.717) is 6.61 Å². The van der Waals surface area contributed by atoms with Crippen molar-refractivity contribution >= 4 is 5.97 Å². The van der Waals surface area contributed by atoms with Gasteiger partial charge in [0, 0.05) is 25.7 Å². The maximum atomic E-state index is 10.6. The molecule has 0 atom stereocenters. The lowest BCUT2D eigenvalue weighted by Crippen LogP contribution is -2.31. The lowest BCUT2D eigenvalue weighted by molar-refractivity contribution is -0.192. The number of halogens is 3. The second-order valence-electron chi connectivity index (χ2n) is 6.70. The quantitative estimate of drug-likeness (QED) is 0.826. The van der Waals surface area contributed by atoms with Crippen LogP contribution in [0, 0.1) is 0 Å². The Hall–Kier alpha value is -2.33. The number of nitrogens with zero attached hydrogens (tertiary/aromatic N) is 3. The Kier molecular flexibility index (Phi) is 7.25. The van der Waals surface area contributed by atoms with Crippen molar-refractivity contribution < 1.29 is 32.2 Å². The Balaban J connectivity index is 0.000000345. The molecule has 2 aromatic heterocycles. The van der Waals surface area contributed by atoms with Gasteiger partial charge in [0.25, 0.3) is 0 Å². The van der Waals surface area contributed by atoms with Crippen LogP contribution < -0.4 is 0 Å². The molecular weight excluding hydrogens is 379 g/mol. The van der Waals surface area contributed by atoms with Gasteiger partial charge in [-0.05, 0) is 32.4 Å². The van der Waals surface area contributed by atoms with Gasteiger partial charge in [0.2, 0.25) is 0 Å². The highest BCUT2D eigenvalue weighted by molar-refractivity contribution is 5.73. The highest BCUT2D eigenvalue weighted by Crippen LogP contribution is 2.24. The Morgan fingerprint density at radius 2 is 2.11 bits per heavy atom. The molecule has 28 heavy (non-hydrogen) atoms. The SMILES string of the molecule is CC(C)OCc1nn(C)c2c1CCN(Cc1ccco1)C2.O=C(O)C(F)(F)F. The van der Waals surface area contributed by atoms with Gasteiger partial charge in [-0.2, -0.15) is 18.3 Å². The van der Waals surface area contributed by atoms with E-state index in [1.54, 1.807) is 6.26 Å². The number of fused-ring (bicyclic) bond motifs is 1. The summed E-state index contributed by atoms with van der Waals surface area (Å²) in [5, 5.41) is 11.8. The summed E-state index contributed by atoms with van der Waals surface area (Å²) in [7, 11) is 2.02. The third-order valence-electron chi connectivity index (χ3n) is 4.16. The summed E-state index contributed by atoms with van der Waals surface area (Å²) >= 11 is 0. The van der Waals surface area contributed by atoms with Crippen molar-refractivity contribution in [1.29, 1.82) is 0 Å². The van der Waals surface area contributed by atoms with Gasteiger partial charge >= 0.3 is 12.1 Å². The zero-order chi connectivity index (χ0) is 20.9. The Bertz CT molecular complexity index is 770. The van der Waals surface area contributed by atoms with Gasteiger partial charge in [0.1, 0.15) is 5.76 Å². The fraction of sp³-hybridized carbons (Fsp3) is 0.556. The first-order valence-electron chi connectivity index (χ1n) is 8.78. The van der Waals surface area contributed by atoms with E-state index in [0.717, 1.165) is 37.5 Å². The molecule has 0 saturated carbocycles. The first kappa shape index (κ1) is 22.0. The van der Waals surface area contributed by atoms with Crippen LogP contribution in [0.25, 0.3) is 0 Å². The minimum Gasteiger partial charge on any atom is -0.475 e. The predicted octanol–water partition coefficient (Wildman–Crippen LogP) is 3.13. The van der Waals surface area contributed by atoms with Crippen LogP contribution in [0.2, 0.25) is 0 Å². The smallest absolute Gasteiger partial charge is 0.475 e. The molecule has 0 fully saturated rings. The predicted molar refractivity (Wildman–Crippen MR) is 93.3 cm³/mol. The van der Waals surface area contributed by atoms with Gasteiger partial charge in [0.15, 0.2) is 0 Å². The van der Waals surface area contributed by atoms with Gasteiger partial charge in [-0.15, -0.1) is 0 Å². The van der Waals surface area contributed by atoms with E-state index < -0.39 is 12.1 Å². The Morgan fingerprint density at radius 1 is 1.43 bits per heavy atom. The second kappa shape index (κ2) is 9.24. The van der Waals surface area contributed by atoms with E-state index in [1.165, 1.54) is 11.3 Å². The molecule has 2 aromatic rings. The molecule has 3 rings (SSSR count). The maximum Gasteiger partial charge on any atom is 0.490 e. The number of alkyl halides is 3. The molecule has 3 heterocycles. The van der Waals surface area contributed by atoms with E-state index in [9.17, 15) is 13.2 Å². The van der Waals surface area contributed by atoms with E-state index in [2.05, 4.69) is 23.8 Å². The lowest BCUT2D eigenvalue weighted by Gasteiger charge is -2.26. The maximum absolute atomic E-state index is 10.6. The molecule has 0 unspecified atom stereocenters. The molecule has 0 radical (unpaired) electrons. The van der Waals surface area contributed by atoms with Gasteiger partial charge in [-0.3, -0.25) is 9.58 Å². The van der Waals surface area contributed by atoms with Crippen LogP contribution in [0.4, 0.5) is 13.2 Å². The number of ether oxygens (including phenoxy) is 1. The molecule has 0 bridgehead atoms. The zero-order valence-corrected chi connectivity index (χ0v) is 16.0. The Morgan fingerprint density at radius 3 is 2.64 bits per heavy atom. The fourth-order valence-electron chi connectivity index (χ4n) is 2.83. The number of carboxylic acid groups (broad SMARTS) is 1. The molecule has 156 valence electrons. The van der Waals surface area contributed by atoms with Crippen LogP contribution in [-0.2, 0) is 42.7 Å². The van der Waals surface area contributed by atoms with Crippen LogP contribution >= 0.6 is 0 Å². The highest BCUT2D eigenvalue weighted by atomic mass is 19.4. The van der Waals surface area contributed by atoms with Gasteiger partial charge < -0.3 is 14.3 Å². The van der Waals surface area contributed by atoms with Crippen molar-refractivity contribution in [1.82, 2.24) is 14.7 Å². The number of carbonyl (C=O) groups is 1. The van der Waals surface area contributed by atoms with E-state index >= 15 is 0 Å². The topological polar surface area (TPSA) is 80.7 Å². The van der Waals surface area contributed by atoms with Crippen molar-refractivity contribution in [3.63, 3.8) is 0 Å². The van der Waals surface area contributed by atoms with Crippen LogP contribution in [0.3, 0.4) is 0 Å². The standard InChI is InChI=1S/C16H23N3O2.C2HF3O2/c1-12(2)21-11-15-14-6-7-19(9-13-5-4-8-20-13)10-16(14)18(3)17-15;3-2(4,5)1(6)7/h4-5,8,12H,6-7,9-11H2,1-3H3;(H,6,7). The second-order valence-corrected chi connectivity index (χ2v) is 6.70. The molecule has 0 aliphatic carbocycles. The van der Waals surface area contributed by atoms with Crippen LogP contribution in [-0.4, -0.2) is 44.6 Å². The monoisotopic (exact) mass is 403 g/mol. The number of furan rings is 1. The van der Waals surface area contributed by atoms with Crippen LogP contribution in [0.15, 0.2) is 22.8 Å². The average molecular weight is 403 g/mol. The Labute approximate surface area is 160 Å². The number of aromatic nitrogens is 2. The number of carboxylic acids is 1. The third-order valence-corrected chi connectivity index (χ3v) is 4.16. The first-order valence-corrected chi connectivity index (χ1v) is 8.78. The number of hydrogen-bond acceptors (Lipinski definition) is 5. The summed E-state index contributed by atoms with van der Waals surface area (Å²) in [6.07, 6.45) is -2.08. The third kappa shape index (κ3) is 6.10. The molecule has 0 spiro atoms. The minimum absolute atomic E-state index is 0.238. The van der Waals surface area contributed by atoms with E-state index in [1.807, 2.05) is 23.9 Å². The molecule has 0 aromatic carbocycles. The first-order chi connectivity index (χ1) is 13.1. The van der Waals surface area contributed by atoms with Crippen LogP contribution in [0.5, 0.6) is 0 Å². The molecule has 1 aliphatic rings. The van der Waals surface area contributed by atoms with Crippen LogP contribution in [0.1, 0.15) is 36.6 Å². The van der Waals surface area contributed by atoms with E-state index in [-0.39, 0.29) is 6.10 Å². The summed E-state index contributed by atoms with van der Waals surface area (Å²) in [5.41, 5.74) is 3.77. The number of hydrogen-bond donors (Lipinski definition) is 1. The number of aliphatic carboxylic acids is 1. The molecule has 1 N–H and O–H groups in total. The van der Waals surface area contributed by atoms with Crippen molar-refractivity contribution in [2.24, 2.45) is 7.05 Å². The number of aryl methyl sites for hydroxylation is 1. The summed E-state index contributed by atoms with van der Waals surface area (Å²) in [4.78, 5) is 11.3.